The van der Waals surface area contributed by atoms with Crippen molar-refractivity contribution < 1.29 is 4.79 Å². The Labute approximate surface area is 173 Å². The van der Waals surface area contributed by atoms with Crippen molar-refractivity contribution in [1.29, 1.82) is 0 Å². The normalized spacial score (nSPS) is 11.8. The number of hydrogen-bond acceptors (Lipinski definition) is 2. The standard InChI is InChI=1S/C26H28N2O/c1-2-3-4-6-14-22(19-21-12-7-5-8-13-21)20-27-28-26(29)25-18-11-16-23-15-9-10-17-24(23)25/h5,7-13,15-20H,2-4,6,14H2,1H3,(H,28,29)/b22-19+,27-20-. The van der Waals surface area contributed by atoms with Crippen LogP contribution in [0.5, 0.6) is 0 Å². The van der Waals surface area contributed by atoms with Crippen LogP contribution in [0.3, 0.4) is 0 Å². The van der Waals surface area contributed by atoms with Crippen LogP contribution in [0, 0.1) is 0 Å². The molecule has 3 rings (SSSR count). The third-order valence-electron chi connectivity index (χ3n) is 4.90. The third kappa shape index (κ3) is 6.15. The average Bonchev–Trinajstić information content (AvgIpc) is 2.76. The summed E-state index contributed by atoms with van der Waals surface area (Å²) in [5.41, 5.74) is 5.59. The second kappa shape index (κ2) is 11.0. The first-order chi connectivity index (χ1) is 14.3. The van der Waals surface area contributed by atoms with Crippen molar-refractivity contribution in [1.82, 2.24) is 5.43 Å². The zero-order chi connectivity index (χ0) is 20.3. The smallest absolute Gasteiger partial charge is 0.267 e. The van der Waals surface area contributed by atoms with Crippen LogP contribution in [0.15, 0.2) is 83.5 Å². The predicted octanol–water partition coefficient (Wildman–Crippen LogP) is 6.61. The minimum absolute atomic E-state index is 0.192. The van der Waals surface area contributed by atoms with E-state index >= 15 is 0 Å². The van der Waals surface area contributed by atoms with Crippen LogP contribution < -0.4 is 5.43 Å². The number of amides is 1. The fourth-order valence-corrected chi connectivity index (χ4v) is 3.35. The number of hydrogen-bond donors (Lipinski definition) is 1. The Morgan fingerprint density at radius 3 is 2.48 bits per heavy atom. The van der Waals surface area contributed by atoms with Gasteiger partial charge in [-0.25, -0.2) is 5.43 Å². The number of nitrogens with one attached hydrogen (secondary N) is 1. The van der Waals surface area contributed by atoms with Gasteiger partial charge in [0.15, 0.2) is 0 Å². The summed E-state index contributed by atoms with van der Waals surface area (Å²) < 4.78 is 0. The highest BCUT2D eigenvalue weighted by Crippen LogP contribution is 2.18. The van der Waals surface area contributed by atoms with E-state index in [-0.39, 0.29) is 5.91 Å². The maximum Gasteiger partial charge on any atom is 0.271 e. The van der Waals surface area contributed by atoms with Gasteiger partial charge in [0.05, 0.1) is 6.21 Å². The molecule has 0 bridgehead atoms. The van der Waals surface area contributed by atoms with Crippen molar-refractivity contribution in [2.45, 2.75) is 39.0 Å². The Bertz CT molecular complexity index is 985. The molecule has 0 aliphatic rings. The number of rotatable bonds is 9. The lowest BCUT2D eigenvalue weighted by molar-refractivity contribution is 0.0957. The lowest BCUT2D eigenvalue weighted by Gasteiger charge is -2.06. The first-order valence-corrected chi connectivity index (χ1v) is 10.3. The van der Waals surface area contributed by atoms with E-state index < -0.39 is 0 Å². The van der Waals surface area contributed by atoms with Crippen LogP contribution in [0.4, 0.5) is 0 Å². The molecule has 0 fully saturated rings. The SMILES string of the molecule is CCCCCCC(/C=N\NC(=O)c1cccc2ccccc12)=C\c1ccccc1. The molecular formula is C26H28N2O. The van der Waals surface area contributed by atoms with E-state index in [1.165, 1.54) is 19.3 Å². The predicted molar refractivity (Wildman–Crippen MR) is 123 cm³/mol. The van der Waals surface area contributed by atoms with Crippen molar-refractivity contribution in [2.24, 2.45) is 5.10 Å². The Balaban J connectivity index is 1.71. The average molecular weight is 385 g/mol. The third-order valence-corrected chi connectivity index (χ3v) is 4.90. The molecule has 0 aromatic heterocycles. The van der Waals surface area contributed by atoms with Gasteiger partial charge in [0.25, 0.3) is 5.91 Å². The second-order valence-corrected chi connectivity index (χ2v) is 7.17. The number of nitrogens with zero attached hydrogens (tertiary/aromatic N) is 1. The molecule has 0 aliphatic carbocycles. The molecular weight excluding hydrogens is 356 g/mol. The number of hydrazone groups is 1. The van der Waals surface area contributed by atoms with Gasteiger partial charge < -0.3 is 0 Å². The van der Waals surface area contributed by atoms with Gasteiger partial charge in [-0.3, -0.25) is 4.79 Å². The Morgan fingerprint density at radius 1 is 0.897 bits per heavy atom. The topological polar surface area (TPSA) is 41.5 Å². The van der Waals surface area contributed by atoms with Gasteiger partial charge in [0, 0.05) is 5.56 Å². The van der Waals surface area contributed by atoms with Crippen molar-refractivity contribution >= 4 is 29.0 Å². The fourth-order valence-electron chi connectivity index (χ4n) is 3.35. The van der Waals surface area contributed by atoms with Gasteiger partial charge in [-0.15, -0.1) is 0 Å². The molecule has 148 valence electrons. The van der Waals surface area contributed by atoms with Crippen molar-refractivity contribution in [3.63, 3.8) is 0 Å². The molecule has 0 saturated heterocycles. The van der Waals surface area contributed by atoms with E-state index in [4.69, 9.17) is 0 Å². The molecule has 1 amide bonds. The van der Waals surface area contributed by atoms with Crippen LogP contribution in [-0.2, 0) is 0 Å². The van der Waals surface area contributed by atoms with Crippen LogP contribution >= 0.6 is 0 Å². The van der Waals surface area contributed by atoms with Crippen LogP contribution in [0.25, 0.3) is 16.8 Å². The lowest BCUT2D eigenvalue weighted by Crippen LogP contribution is -2.18. The maximum absolute atomic E-state index is 12.7. The molecule has 3 nitrogen and oxygen atoms in total. The summed E-state index contributed by atoms with van der Waals surface area (Å²) >= 11 is 0. The van der Waals surface area contributed by atoms with Crippen molar-refractivity contribution in [2.75, 3.05) is 0 Å². The van der Waals surface area contributed by atoms with Gasteiger partial charge in [-0.05, 0) is 40.8 Å². The molecule has 0 unspecified atom stereocenters. The maximum atomic E-state index is 12.7. The largest absolute Gasteiger partial charge is 0.271 e. The minimum Gasteiger partial charge on any atom is -0.267 e. The molecule has 0 saturated carbocycles. The molecule has 29 heavy (non-hydrogen) atoms. The van der Waals surface area contributed by atoms with E-state index in [9.17, 15) is 4.79 Å². The summed E-state index contributed by atoms with van der Waals surface area (Å²) in [6.07, 6.45) is 9.65. The molecule has 3 aromatic carbocycles. The highest BCUT2D eigenvalue weighted by Gasteiger charge is 2.08. The highest BCUT2D eigenvalue weighted by molar-refractivity contribution is 6.07. The molecule has 0 atom stereocenters. The number of fused-ring (bicyclic) bond motifs is 1. The number of unbranched alkanes of at least 4 members (excludes halogenated alkanes) is 3. The van der Waals surface area contributed by atoms with E-state index in [0.29, 0.717) is 5.56 Å². The molecule has 3 aromatic rings. The van der Waals surface area contributed by atoms with Crippen molar-refractivity contribution in [3.8, 4) is 0 Å². The summed E-state index contributed by atoms with van der Waals surface area (Å²) in [5.74, 6) is -0.192. The van der Waals surface area contributed by atoms with Crippen LogP contribution in [0.2, 0.25) is 0 Å². The first kappa shape index (κ1) is 20.5. The highest BCUT2D eigenvalue weighted by atomic mass is 16.2. The quantitative estimate of drug-likeness (QED) is 0.252. The number of benzene rings is 3. The lowest BCUT2D eigenvalue weighted by atomic mass is 10.0. The zero-order valence-electron chi connectivity index (χ0n) is 17.0. The number of allylic oxidation sites excluding steroid dienone is 1. The van der Waals surface area contributed by atoms with Gasteiger partial charge in [-0.1, -0.05) is 99.0 Å². The Morgan fingerprint density at radius 2 is 1.66 bits per heavy atom. The summed E-state index contributed by atoms with van der Waals surface area (Å²) in [4.78, 5) is 12.7. The second-order valence-electron chi connectivity index (χ2n) is 7.17. The molecule has 0 spiro atoms. The Hall–Kier alpha value is -3.20. The zero-order valence-corrected chi connectivity index (χ0v) is 17.0. The number of carbonyl (C=O) groups excluding carboxylic acids is 1. The molecule has 1 N–H and O–H groups in total. The number of carbonyl (C=O) groups is 1. The summed E-state index contributed by atoms with van der Waals surface area (Å²) in [6.45, 7) is 2.21. The molecule has 0 radical (unpaired) electrons. The summed E-state index contributed by atoms with van der Waals surface area (Å²) in [5, 5.41) is 6.24. The van der Waals surface area contributed by atoms with Gasteiger partial charge in [0.1, 0.15) is 0 Å². The fraction of sp³-hybridized carbons (Fsp3) is 0.231. The van der Waals surface area contributed by atoms with E-state index in [2.05, 4.69) is 35.7 Å². The Kier molecular flexibility index (Phi) is 7.76. The first-order valence-electron chi connectivity index (χ1n) is 10.3. The van der Waals surface area contributed by atoms with Gasteiger partial charge >= 0.3 is 0 Å². The van der Waals surface area contributed by atoms with Crippen molar-refractivity contribution in [3.05, 3.63) is 89.5 Å². The molecule has 0 heterocycles. The molecule has 0 aliphatic heterocycles. The van der Waals surface area contributed by atoms with Crippen LogP contribution in [0.1, 0.15) is 54.9 Å². The summed E-state index contributed by atoms with van der Waals surface area (Å²) in [6, 6.07) is 23.8. The minimum atomic E-state index is -0.192. The molecule has 3 heteroatoms. The van der Waals surface area contributed by atoms with E-state index in [1.54, 1.807) is 6.21 Å². The summed E-state index contributed by atoms with van der Waals surface area (Å²) in [7, 11) is 0. The van der Waals surface area contributed by atoms with Crippen LogP contribution in [-0.4, -0.2) is 12.1 Å². The van der Waals surface area contributed by atoms with E-state index in [0.717, 1.165) is 34.8 Å². The van der Waals surface area contributed by atoms with Gasteiger partial charge in [-0.2, -0.15) is 5.10 Å². The van der Waals surface area contributed by atoms with E-state index in [1.807, 2.05) is 60.7 Å². The monoisotopic (exact) mass is 384 g/mol. The van der Waals surface area contributed by atoms with Gasteiger partial charge in [0.2, 0.25) is 0 Å².